The average molecular weight is 256 g/mol. The highest BCUT2D eigenvalue weighted by molar-refractivity contribution is 6.02. The van der Waals surface area contributed by atoms with E-state index in [-0.39, 0.29) is 11.9 Å². The number of hydrogen-bond donors (Lipinski definition) is 2. The van der Waals surface area contributed by atoms with E-state index in [0.29, 0.717) is 18.0 Å². The van der Waals surface area contributed by atoms with Crippen LogP contribution in [-0.4, -0.2) is 25.5 Å². The topological polar surface area (TPSA) is 50.4 Å². The monoisotopic (exact) mass is 256 g/mol. The summed E-state index contributed by atoms with van der Waals surface area (Å²) in [6, 6.07) is 4.48. The number of hydrogen-bond acceptors (Lipinski definition) is 3. The lowest BCUT2D eigenvalue weighted by Gasteiger charge is -2.10. The van der Waals surface area contributed by atoms with Gasteiger partial charge >= 0.3 is 0 Å². The summed E-state index contributed by atoms with van der Waals surface area (Å²) in [7, 11) is 0. The van der Waals surface area contributed by atoms with Gasteiger partial charge in [0, 0.05) is 17.3 Å². The van der Waals surface area contributed by atoms with E-state index >= 15 is 0 Å². The highest BCUT2D eigenvalue weighted by atomic mass is 19.3. The van der Waals surface area contributed by atoms with Crippen LogP contribution in [0.25, 0.3) is 0 Å². The van der Waals surface area contributed by atoms with Gasteiger partial charge in [0.15, 0.2) is 0 Å². The maximum Gasteiger partial charge on any atom is 0.272 e. The number of benzene rings is 1. The number of carbonyl (C=O) groups is 1. The molecular formula is C12H14F2N2O2. The van der Waals surface area contributed by atoms with Gasteiger partial charge in [0.1, 0.15) is 18.4 Å². The number of rotatable bonds is 5. The molecule has 0 saturated carbocycles. The van der Waals surface area contributed by atoms with Crippen LogP contribution in [0.15, 0.2) is 18.2 Å². The molecule has 0 radical (unpaired) electrons. The molecule has 1 aromatic rings. The molecule has 0 spiro atoms. The van der Waals surface area contributed by atoms with E-state index < -0.39 is 13.0 Å². The zero-order valence-corrected chi connectivity index (χ0v) is 9.87. The lowest BCUT2D eigenvalue weighted by atomic mass is 10.1. The van der Waals surface area contributed by atoms with Crippen LogP contribution in [0.4, 0.5) is 14.5 Å². The minimum Gasteiger partial charge on any atom is -0.488 e. The van der Waals surface area contributed by atoms with Crippen molar-refractivity contribution in [2.45, 2.75) is 19.4 Å². The molecule has 18 heavy (non-hydrogen) atoms. The van der Waals surface area contributed by atoms with E-state index in [1.165, 1.54) is 0 Å². The van der Waals surface area contributed by atoms with Crippen molar-refractivity contribution in [3.05, 3.63) is 23.8 Å². The van der Waals surface area contributed by atoms with Crippen molar-refractivity contribution in [3.8, 4) is 5.75 Å². The zero-order valence-electron chi connectivity index (χ0n) is 9.87. The number of alkyl halides is 2. The van der Waals surface area contributed by atoms with E-state index in [2.05, 4.69) is 10.6 Å². The van der Waals surface area contributed by atoms with Crippen LogP contribution < -0.4 is 15.4 Å². The molecule has 1 aliphatic rings. The predicted molar refractivity (Wildman–Crippen MR) is 63.0 cm³/mol. The fourth-order valence-electron chi connectivity index (χ4n) is 1.90. The molecule has 0 saturated heterocycles. The highest BCUT2D eigenvalue weighted by Crippen LogP contribution is 2.33. The van der Waals surface area contributed by atoms with Gasteiger partial charge in [-0.25, -0.2) is 8.78 Å². The van der Waals surface area contributed by atoms with Crippen LogP contribution >= 0.6 is 0 Å². The van der Waals surface area contributed by atoms with Crippen molar-refractivity contribution in [1.29, 1.82) is 0 Å². The molecule has 1 atom stereocenters. The van der Waals surface area contributed by atoms with Gasteiger partial charge in [-0.3, -0.25) is 4.79 Å². The van der Waals surface area contributed by atoms with Crippen molar-refractivity contribution >= 4 is 11.6 Å². The van der Waals surface area contributed by atoms with Crippen molar-refractivity contribution in [3.63, 3.8) is 0 Å². The molecule has 0 fully saturated rings. The molecule has 0 aliphatic carbocycles. The number of ether oxygens (including phenoxy) is 1. The SMILES string of the molecule is CCNC1C(=O)Nc2cc(OCC(F)F)ccc21. The van der Waals surface area contributed by atoms with Crippen LogP contribution in [-0.2, 0) is 4.79 Å². The van der Waals surface area contributed by atoms with E-state index in [9.17, 15) is 13.6 Å². The molecule has 2 N–H and O–H groups in total. The molecule has 1 amide bonds. The number of nitrogens with one attached hydrogen (secondary N) is 2. The first-order valence-corrected chi connectivity index (χ1v) is 5.71. The van der Waals surface area contributed by atoms with Gasteiger partial charge in [0.05, 0.1) is 0 Å². The number of amides is 1. The summed E-state index contributed by atoms with van der Waals surface area (Å²) >= 11 is 0. The van der Waals surface area contributed by atoms with Gasteiger partial charge in [-0.15, -0.1) is 0 Å². The van der Waals surface area contributed by atoms with Crippen molar-refractivity contribution < 1.29 is 18.3 Å². The molecule has 4 nitrogen and oxygen atoms in total. The fourth-order valence-corrected chi connectivity index (χ4v) is 1.90. The lowest BCUT2D eigenvalue weighted by Crippen LogP contribution is -2.27. The first kappa shape index (κ1) is 12.8. The summed E-state index contributed by atoms with van der Waals surface area (Å²) in [5, 5.41) is 5.74. The number of carbonyl (C=O) groups excluding carboxylic acids is 1. The number of fused-ring (bicyclic) bond motifs is 1. The summed E-state index contributed by atoms with van der Waals surface area (Å²) < 4.78 is 28.9. The third-order valence-electron chi connectivity index (χ3n) is 2.64. The summed E-state index contributed by atoms with van der Waals surface area (Å²) in [6.07, 6.45) is -2.51. The number of anilines is 1. The quantitative estimate of drug-likeness (QED) is 0.846. The standard InChI is InChI=1S/C12H14F2N2O2/c1-2-15-11-8-4-3-7(18-6-10(13)14)5-9(8)16-12(11)17/h3-5,10-11,15H,2,6H2,1H3,(H,16,17). The van der Waals surface area contributed by atoms with Gasteiger partial charge in [-0.05, 0) is 12.6 Å². The molecule has 2 rings (SSSR count). The van der Waals surface area contributed by atoms with Gasteiger partial charge in [-0.2, -0.15) is 0 Å². The first-order chi connectivity index (χ1) is 8.61. The second kappa shape index (κ2) is 5.30. The maximum atomic E-state index is 12.0. The molecule has 6 heteroatoms. The van der Waals surface area contributed by atoms with Crippen molar-refractivity contribution in [1.82, 2.24) is 5.32 Å². The highest BCUT2D eigenvalue weighted by Gasteiger charge is 2.29. The molecule has 0 bridgehead atoms. The maximum absolute atomic E-state index is 12.0. The molecule has 1 unspecified atom stereocenters. The Labute approximate surface area is 103 Å². The lowest BCUT2D eigenvalue weighted by molar-refractivity contribution is -0.117. The Bertz CT molecular complexity index is 452. The van der Waals surface area contributed by atoms with E-state index in [0.717, 1.165) is 5.56 Å². The largest absolute Gasteiger partial charge is 0.488 e. The van der Waals surface area contributed by atoms with Crippen LogP contribution in [0.1, 0.15) is 18.5 Å². The fraction of sp³-hybridized carbons (Fsp3) is 0.417. The average Bonchev–Trinajstić information content (AvgIpc) is 2.63. The molecule has 1 aromatic carbocycles. The molecule has 98 valence electrons. The summed E-state index contributed by atoms with van der Waals surface area (Å²) in [4.78, 5) is 11.7. The van der Waals surface area contributed by atoms with Gasteiger partial charge in [-0.1, -0.05) is 13.0 Å². The molecular weight excluding hydrogens is 242 g/mol. The normalized spacial score (nSPS) is 17.8. The first-order valence-electron chi connectivity index (χ1n) is 5.71. The third kappa shape index (κ3) is 2.59. The van der Waals surface area contributed by atoms with Gasteiger partial charge in [0.25, 0.3) is 6.43 Å². The van der Waals surface area contributed by atoms with Gasteiger partial charge in [0.2, 0.25) is 5.91 Å². The zero-order chi connectivity index (χ0) is 13.1. The Morgan fingerprint density at radius 3 is 2.94 bits per heavy atom. The number of likely N-dealkylation sites (N-methyl/N-ethyl adjacent to an activating group) is 1. The molecule has 1 heterocycles. The van der Waals surface area contributed by atoms with Crippen molar-refractivity contribution in [2.75, 3.05) is 18.5 Å². The van der Waals surface area contributed by atoms with Crippen LogP contribution in [0.5, 0.6) is 5.75 Å². The van der Waals surface area contributed by atoms with Crippen LogP contribution in [0, 0.1) is 0 Å². The predicted octanol–water partition coefficient (Wildman–Crippen LogP) is 1.93. The Kier molecular flexibility index (Phi) is 3.76. The summed E-state index contributed by atoms with van der Waals surface area (Å²) in [6.45, 7) is 1.93. The Morgan fingerprint density at radius 2 is 2.28 bits per heavy atom. The van der Waals surface area contributed by atoms with Crippen molar-refractivity contribution in [2.24, 2.45) is 0 Å². The molecule has 1 aliphatic heterocycles. The Morgan fingerprint density at radius 1 is 1.50 bits per heavy atom. The Balaban J connectivity index is 2.14. The second-order valence-electron chi connectivity index (χ2n) is 3.93. The third-order valence-corrected chi connectivity index (χ3v) is 2.64. The summed E-state index contributed by atoms with van der Waals surface area (Å²) in [5.74, 6) is 0.185. The minimum atomic E-state index is -2.51. The van der Waals surface area contributed by atoms with Crippen LogP contribution in [0.2, 0.25) is 0 Å². The number of halogens is 2. The molecule has 0 aromatic heterocycles. The van der Waals surface area contributed by atoms with Crippen LogP contribution in [0.3, 0.4) is 0 Å². The van der Waals surface area contributed by atoms with Gasteiger partial charge < -0.3 is 15.4 Å². The van der Waals surface area contributed by atoms with E-state index in [1.54, 1.807) is 18.2 Å². The smallest absolute Gasteiger partial charge is 0.272 e. The Hall–Kier alpha value is -1.69. The van der Waals surface area contributed by atoms with E-state index in [1.807, 2.05) is 6.92 Å². The summed E-state index contributed by atoms with van der Waals surface area (Å²) in [5.41, 5.74) is 1.42. The minimum absolute atomic E-state index is 0.141. The van der Waals surface area contributed by atoms with E-state index in [4.69, 9.17) is 4.74 Å². The second-order valence-corrected chi connectivity index (χ2v) is 3.93.